The first-order valence-corrected chi connectivity index (χ1v) is 7.86. The highest BCUT2D eigenvalue weighted by Gasteiger charge is 2.11. The van der Waals surface area contributed by atoms with Crippen LogP contribution in [-0.4, -0.2) is 43.0 Å². The van der Waals surface area contributed by atoms with Gasteiger partial charge in [-0.05, 0) is 13.3 Å². The lowest BCUT2D eigenvalue weighted by Gasteiger charge is -2.13. The molecule has 0 spiro atoms. The second-order valence-corrected chi connectivity index (χ2v) is 6.41. The van der Waals surface area contributed by atoms with Gasteiger partial charge in [-0.3, -0.25) is 0 Å². The SMILES string of the molecule is CCCOc1cc(NC(C)CS(C)(=O)=O)ncn1. The lowest BCUT2D eigenvalue weighted by molar-refractivity contribution is 0.305. The molecule has 102 valence electrons. The Morgan fingerprint density at radius 2 is 2.17 bits per heavy atom. The van der Waals surface area contributed by atoms with Crippen molar-refractivity contribution < 1.29 is 13.2 Å². The van der Waals surface area contributed by atoms with Gasteiger partial charge in [0.1, 0.15) is 22.0 Å². The minimum absolute atomic E-state index is 0.0577. The number of nitrogens with zero attached hydrogens (tertiary/aromatic N) is 2. The molecule has 6 nitrogen and oxygen atoms in total. The molecule has 0 aromatic carbocycles. The third-order valence-electron chi connectivity index (χ3n) is 2.04. The molecule has 1 aromatic rings. The quantitative estimate of drug-likeness (QED) is 0.801. The molecule has 0 radical (unpaired) electrons. The summed E-state index contributed by atoms with van der Waals surface area (Å²) in [5.74, 6) is 1.11. The van der Waals surface area contributed by atoms with Gasteiger partial charge in [-0.15, -0.1) is 0 Å². The standard InChI is InChI=1S/C11H19N3O3S/c1-4-5-17-11-6-10(12-8-13-11)14-9(2)7-18(3,15)16/h6,8-9H,4-5,7H2,1-3H3,(H,12,13,14). The van der Waals surface area contributed by atoms with Gasteiger partial charge in [0, 0.05) is 18.4 Å². The monoisotopic (exact) mass is 273 g/mol. The van der Waals surface area contributed by atoms with E-state index in [0.717, 1.165) is 6.42 Å². The minimum atomic E-state index is -3.00. The van der Waals surface area contributed by atoms with Gasteiger partial charge in [0.25, 0.3) is 0 Å². The number of hydrogen-bond acceptors (Lipinski definition) is 6. The highest BCUT2D eigenvalue weighted by molar-refractivity contribution is 7.90. The molecule has 0 saturated heterocycles. The van der Waals surface area contributed by atoms with Crippen molar-refractivity contribution in [3.05, 3.63) is 12.4 Å². The van der Waals surface area contributed by atoms with E-state index < -0.39 is 9.84 Å². The Labute approximate surface area is 108 Å². The molecule has 0 aliphatic rings. The summed E-state index contributed by atoms with van der Waals surface area (Å²) in [6.07, 6.45) is 3.50. The highest BCUT2D eigenvalue weighted by atomic mass is 32.2. The first kappa shape index (κ1) is 14.7. The smallest absolute Gasteiger partial charge is 0.218 e. The van der Waals surface area contributed by atoms with Crippen molar-refractivity contribution in [1.29, 1.82) is 0 Å². The van der Waals surface area contributed by atoms with E-state index in [1.165, 1.54) is 12.6 Å². The van der Waals surface area contributed by atoms with Crippen LogP contribution in [0.25, 0.3) is 0 Å². The zero-order valence-electron chi connectivity index (χ0n) is 10.9. The summed E-state index contributed by atoms with van der Waals surface area (Å²) in [4.78, 5) is 7.99. The van der Waals surface area contributed by atoms with Crippen LogP contribution < -0.4 is 10.1 Å². The molecule has 0 fully saturated rings. The first-order valence-electron chi connectivity index (χ1n) is 5.80. The molecule has 1 rings (SSSR count). The van der Waals surface area contributed by atoms with Crippen molar-refractivity contribution in [2.45, 2.75) is 26.3 Å². The summed E-state index contributed by atoms with van der Waals surface area (Å²) in [6.45, 7) is 4.39. The van der Waals surface area contributed by atoms with Crippen molar-refractivity contribution in [3.8, 4) is 5.88 Å². The summed E-state index contributed by atoms with van der Waals surface area (Å²) in [5.41, 5.74) is 0. The van der Waals surface area contributed by atoms with Gasteiger partial charge in [-0.1, -0.05) is 6.92 Å². The van der Waals surface area contributed by atoms with Crippen LogP contribution in [0.15, 0.2) is 12.4 Å². The van der Waals surface area contributed by atoms with Gasteiger partial charge in [-0.2, -0.15) is 0 Å². The van der Waals surface area contributed by atoms with Gasteiger partial charge in [0.05, 0.1) is 12.4 Å². The van der Waals surface area contributed by atoms with Crippen molar-refractivity contribution in [1.82, 2.24) is 9.97 Å². The van der Waals surface area contributed by atoms with E-state index >= 15 is 0 Å². The summed E-state index contributed by atoms with van der Waals surface area (Å²) in [7, 11) is -3.00. The third-order valence-corrected chi connectivity index (χ3v) is 3.15. The number of sulfone groups is 1. The highest BCUT2D eigenvalue weighted by Crippen LogP contribution is 2.12. The molecule has 1 atom stereocenters. The average molecular weight is 273 g/mol. The summed E-state index contributed by atoms with van der Waals surface area (Å²) in [6, 6.07) is 1.45. The molecule has 7 heteroatoms. The minimum Gasteiger partial charge on any atom is -0.478 e. The fourth-order valence-corrected chi connectivity index (χ4v) is 2.44. The van der Waals surface area contributed by atoms with E-state index in [1.807, 2.05) is 6.92 Å². The Morgan fingerprint density at radius 1 is 1.44 bits per heavy atom. The topological polar surface area (TPSA) is 81.2 Å². The van der Waals surface area contributed by atoms with Gasteiger partial charge in [0.2, 0.25) is 5.88 Å². The second kappa shape index (κ2) is 6.53. The molecule has 0 saturated carbocycles. The number of anilines is 1. The van der Waals surface area contributed by atoms with Crippen LogP contribution in [0.2, 0.25) is 0 Å². The van der Waals surface area contributed by atoms with Crippen molar-refractivity contribution >= 4 is 15.7 Å². The summed E-state index contributed by atoms with van der Waals surface area (Å²) < 4.78 is 27.7. The fraction of sp³-hybridized carbons (Fsp3) is 0.636. The average Bonchev–Trinajstić information content (AvgIpc) is 2.24. The zero-order valence-corrected chi connectivity index (χ0v) is 11.7. The summed E-state index contributed by atoms with van der Waals surface area (Å²) in [5, 5.41) is 3.00. The largest absolute Gasteiger partial charge is 0.478 e. The molecule has 1 unspecified atom stereocenters. The van der Waals surface area contributed by atoms with Gasteiger partial charge >= 0.3 is 0 Å². The van der Waals surface area contributed by atoms with Gasteiger partial charge in [0.15, 0.2) is 0 Å². The Morgan fingerprint density at radius 3 is 2.78 bits per heavy atom. The number of ether oxygens (including phenoxy) is 1. The predicted octanol–water partition coefficient (Wildman–Crippen LogP) is 1.11. The molecular weight excluding hydrogens is 254 g/mol. The molecule has 1 aromatic heterocycles. The van der Waals surface area contributed by atoms with Crippen LogP contribution in [0.5, 0.6) is 5.88 Å². The van der Waals surface area contributed by atoms with Gasteiger partial charge < -0.3 is 10.1 Å². The first-order chi connectivity index (χ1) is 8.40. The third kappa shape index (κ3) is 5.81. The Balaban J connectivity index is 2.61. The van der Waals surface area contributed by atoms with Crippen molar-refractivity contribution in [3.63, 3.8) is 0 Å². The maximum Gasteiger partial charge on any atom is 0.218 e. The molecule has 1 N–H and O–H groups in total. The molecule has 1 heterocycles. The van der Waals surface area contributed by atoms with Crippen molar-refractivity contribution in [2.24, 2.45) is 0 Å². The van der Waals surface area contributed by atoms with Crippen LogP contribution in [0.3, 0.4) is 0 Å². The van der Waals surface area contributed by atoms with E-state index in [0.29, 0.717) is 18.3 Å². The van der Waals surface area contributed by atoms with Gasteiger partial charge in [-0.25, -0.2) is 18.4 Å². The zero-order chi connectivity index (χ0) is 13.6. The molecule has 0 aliphatic carbocycles. The Hall–Kier alpha value is -1.37. The van der Waals surface area contributed by atoms with Crippen LogP contribution >= 0.6 is 0 Å². The number of aromatic nitrogens is 2. The van der Waals surface area contributed by atoms with Crippen LogP contribution in [0.4, 0.5) is 5.82 Å². The van der Waals surface area contributed by atoms with E-state index in [4.69, 9.17) is 4.74 Å². The number of nitrogens with one attached hydrogen (secondary N) is 1. The Bertz CT molecular complexity index is 476. The molecule has 0 aliphatic heterocycles. The van der Waals surface area contributed by atoms with E-state index in [9.17, 15) is 8.42 Å². The number of rotatable bonds is 7. The summed E-state index contributed by atoms with van der Waals surface area (Å²) >= 11 is 0. The molecule has 0 amide bonds. The van der Waals surface area contributed by atoms with E-state index in [-0.39, 0.29) is 11.8 Å². The van der Waals surface area contributed by atoms with Crippen LogP contribution in [0, 0.1) is 0 Å². The maximum absolute atomic E-state index is 11.1. The Kier molecular flexibility index (Phi) is 5.33. The fourth-order valence-electron chi connectivity index (χ4n) is 1.45. The predicted molar refractivity (Wildman–Crippen MR) is 70.6 cm³/mol. The maximum atomic E-state index is 11.1. The van der Waals surface area contributed by atoms with E-state index in [1.54, 1.807) is 13.0 Å². The normalized spacial score (nSPS) is 13.1. The lowest BCUT2D eigenvalue weighted by atomic mass is 10.4. The second-order valence-electron chi connectivity index (χ2n) is 4.23. The van der Waals surface area contributed by atoms with Crippen LogP contribution in [-0.2, 0) is 9.84 Å². The molecular formula is C11H19N3O3S. The molecule has 0 bridgehead atoms. The lowest BCUT2D eigenvalue weighted by Crippen LogP contribution is -2.25. The molecule has 18 heavy (non-hydrogen) atoms. The van der Waals surface area contributed by atoms with Crippen molar-refractivity contribution in [2.75, 3.05) is 23.9 Å². The van der Waals surface area contributed by atoms with E-state index in [2.05, 4.69) is 15.3 Å². The number of hydrogen-bond donors (Lipinski definition) is 1. The van der Waals surface area contributed by atoms with Crippen LogP contribution in [0.1, 0.15) is 20.3 Å².